The molecule has 0 atom stereocenters. The van der Waals surface area contributed by atoms with Gasteiger partial charge in [-0.25, -0.2) is 9.18 Å². The van der Waals surface area contributed by atoms with Gasteiger partial charge in [-0.3, -0.25) is 0 Å². The predicted molar refractivity (Wildman–Crippen MR) is 50.6 cm³/mol. The molecule has 0 heterocycles. The first-order chi connectivity index (χ1) is 7.06. The number of halogens is 1. The molecular weight excluding hydrogens is 203 g/mol. The van der Waals surface area contributed by atoms with Gasteiger partial charge in [0.05, 0.1) is 5.56 Å². The number of carbonyl (C=O) groups is 1. The maximum Gasteiger partial charge on any atom is 0.338 e. The molecule has 0 aromatic heterocycles. The van der Waals surface area contributed by atoms with Crippen molar-refractivity contribution in [2.45, 2.75) is 6.92 Å². The van der Waals surface area contributed by atoms with Crippen LogP contribution in [-0.4, -0.2) is 25.0 Å². The molecule has 15 heavy (non-hydrogen) atoms. The van der Waals surface area contributed by atoms with Crippen LogP contribution < -0.4 is 4.74 Å². The summed E-state index contributed by atoms with van der Waals surface area (Å²) in [5, 5.41) is 8.71. The van der Waals surface area contributed by atoms with Crippen LogP contribution in [-0.2, 0) is 4.74 Å². The van der Waals surface area contributed by atoms with E-state index >= 15 is 0 Å². The number of hydrogen-bond acceptors (Lipinski definition) is 3. The topological polar surface area (TPSA) is 55.8 Å². The van der Waals surface area contributed by atoms with Gasteiger partial charge in [0.25, 0.3) is 0 Å². The van der Waals surface area contributed by atoms with Gasteiger partial charge in [-0.2, -0.15) is 0 Å². The summed E-state index contributed by atoms with van der Waals surface area (Å²) in [5.41, 5.74) is 0.209. The Morgan fingerprint density at radius 3 is 2.73 bits per heavy atom. The number of benzene rings is 1. The van der Waals surface area contributed by atoms with E-state index in [1.165, 1.54) is 19.2 Å². The molecule has 0 aliphatic heterocycles. The maximum atomic E-state index is 13.5. The van der Waals surface area contributed by atoms with Gasteiger partial charge in [-0.15, -0.1) is 0 Å². The molecule has 0 spiro atoms. The summed E-state index contributed by atoms with van der Waals surface area (Å²) in [6.07, 6.45) is 0. The number of carboxylic acids is 1. The van der Waals surface area contributed by atoms with E-state index in [1.54, 1.807) is 6.92 Å². The average molecular weight is 214 g/mol. The fourth-order valence-corrected chi connectivity index (χ4v) is 1.12. The predicted octanol–water partition coefficient (Wildman–Crippen LogP) is 1.82. The van der Waals surface area contributed by atoms with E-state index in [-0.39, 0.29) is 12.5 Å². The molecule has 0 aliphatic rings. The minimum absolute atomic E-state index is 0.116. The molecule has 0 saturated carbocycles. The van der Waals surface area contributed by atoms with Crippen LogP contribution in [0.1, 0.15) is 15.9 Å². The summed E-state index contributed by atoms with van der Waals surface area (Å²) >= 11 is 0. The van der Waals surface area contributed by atoms with Gasteiger partial charge in [0.2, 0.25) is 0 Å². The Morgan fingerprint density at radius 1 is 1.53 bits per heavy atom. The van der Waals surface area contributed by atoms with E-state index in [4.69, 9.17) is 9.84 Å². The van der Waals surface area contributed by atoms with E-state index in [0.717, 1.165) is 0 Å². The number of aromatic carboxylic acids is 1. The van der Waals surface area contributed by atoms with E-state index in [0.29, 0.717) is 5.56 Å². The minimum atomic E-state index is -1.32. The van der Waals surface area contributed by atoms with Crippen LogP contribution in [0.4, 0.5) is 4.39 Å². The molecule has 1 aromatic rings. The van der Waals surface area contributed by atoms with Crippen molar-refractivity contribution in [2.75, 3.05) is 13.9 Å². The lowest BCUT2D eigenvalue weighted by Crippen LogP contribution is -2.06. The number of methoxy groups -OCH3 is 1. The Bertz CT molecular complexity index is 376. The molecule has 1 aromatic carbocycles. The quantitative estimate of drug-likeness (QED) is 0.776. The van der Waals surface area contributed by atoms with Gasteiger partial charge in [0.15, 0.2) is 18.4 Å². The fourth-order valence-electron chi connectivity index (χ4n) is 1.12. The summed E-state index contributed by atoms with van der Waals surface area (Å²) < 4.78 is 23.0. The summed E-state index contributed by atoms with van der Waals surface area (Å²) in [5.74, 6) is -2.32. The monoisotopic (exact) mass is 214 g/mol. The Balaban J connectivity index is 3.10. The SMILES string of the molecule is COCOc1cc(C)cc(C(=O)O)c1F. The standard InChI is InChI=1S/C10H11FO4/c1-6-3-7(10(12)13)9(11)8(4-6)15-5-14-2/h3-4H,5H2,1-2H3,(H,12,13). The number of ether oxygens (including phenoxy) is 2. The number of hydrogen-bond donors (Lipinski definition) is 1. The summed E-state index contributed by atoms with van der Waals surface area (Å²) in [7, 11) is 1.39. The highest BCUT2D eigenvalue weighted by molar-refractivity contribution is 5.88. The average Bonchev–Trinajstić information content (AvgIpc) is 2.18. The lowest BCUT2D eigenvalue weighted by Gasteiger charge is -2.08. The van der Waals surface area contributed by atoms with Gasteiger partial charge in [0, 0.05) is 7.11 Å². The lowest BCUT2D eigenvalue weighted by molar-refractivity contribution is 0.0475. The molecule has 0 unspecified atom stereocenters. The molecule has 0 amide bonds. The van der Waals surface area contributed by atoms with Crippen LogP contribution >= 0.6 is 0 Å². The smallest absolute Gasteiger partial charge is 0.338 e. The molecule has 4 nitrogen and oxygen atoms in total. The van der Waals surface area contributed by atoms with Gasteiger partial charge in [-0.1, -0.05) is 0 Å². The Kier molecular flexibility index (Phi) is 3.62. The fraction of sp³-hybridized carbons (Fsp3) is 0.300. The first kappa shape index (κ1) is 11.5. The van der Waals surface area contributed by atoms with Crippen LogP contribution in [0.15, 0.2) is 12.1 Å². The van der Waals surface area contributed by atoms with Crippen molar-refractivity contribution in [3.05, 3.63) is 29.1 Å². The highest BCUT2D eigenvalue weighted by Crippen LogP contribution is 2.23. The van der Waals surface area contributed by atoms with Gasteiger partial charge < -0.3 is 14.6 Å². The zero-order valence-electron chi connectivity index (χ0n) is 8.41. The van der Waals surface area contributed by atoms with E-state index in [2.05, 4.69) is 4.74 Å². The number of carboxylic acid groups (broad SMARTS) is 1. The third-order valence-electron chi connectivity index (χ3n) is 1.75. The summed E-state index contributed by atoms with van der Waals surface area (Å²) in [6.45, 7) is 1.53. The molecule has 0 aliphatic carbocycles. The Morgan fingerprint density at radius 2 is 2.20 bits per heavy atom. The van der Waals surface area contributed by atoms with E-state index in [9.17, 15) is 9.18 Å². The molecular formula is C10H11FO4. The van der Waals surface area contributed by atoms with Crippen molar-refractivity contribution in [2.24, 2.45) is 0 Å². The Hall–Kier alpha value is -1.62. The number of aryl methyl sites for hydroxylation is 1. The Labute approximate surface area is 86.2 Å². The van der Waals surface area contributed by atoms with Crippen molar-refractivity contribution in [3.63, 3.8) is 0 Å². The highest BCUT2D eigenvalue weighted by Gasteiger charge is 2.16. The highest BCUT2D eigenvalue weighted by atomic mass is 19.1. The molecule has 0 bridgehead atoms. The maximum absolute atomic E-state index is 13.5. The van der Waals surface area contributed by atoms with Crippen molar-refractivity contribution in [1.82, 2.24) is 0 Å². The minimum Gasteiger partial charge on any atom is -0.478 e. The lowest BCUT2D eigenvalue weighted by atomic mass is 10.1. The number of rotatable bonds is 4. The van der Waals surface area contributed by atoms with E-state index < -0.39 is 17.3 Å². The van der Waals surface area contributed by atoms with Crippen LogP contribution in [0.3, 0.4) is 0 Å². The van der Waals surface area contributed by atoms with E-state index in [1.807, 2.05) is 0 Å². The molecule has 1 N–H and O–H groups in total. The van der Waals surface area contributed by atoms with Crippen LogP contribution in [0.5, 0.6) is 5.75 Å². The first-order valence-corrected chi connectivity index (χ1v) is 4.21. The van der Waals surface area contributed by atoms with Crippen molar-refractivity contribution in [1.29, 1.82) is 0 Å². The molecule has 0 fully saturated rings. The largest absolute Gasteiger partial charge is 0.478 e. The third-order valence-corrected chi connectivity index (χ3v) is 1.75. The second kappa shape index (κ2) is 4.75. The molecule has 0 radical (unpaired) electrons. The third kappa shape index (κ3) is 2.66. The second-order valence-corrected chi connectivity index (χ2v) is 2.98. The van der Waals surface area contributed by atoms with Gasteiger partial charge in [0.1, 0.15) is 0 Å². The van der Waals surface area contributed by atoms with Crippen molar-refractivity contribution >= 4 is 5.97 Å². The van der Waals surface area contributed by atoms with Crippen molar-refractivity contribution < 1.29 is 23.8 Å². The summed E-state index contributed by atoms with van der Waals surface area (Å²) in [6, 6.07) is 2.66. The molecule has 0 saturated heterocycles. The normalized spacial score (nSPS) is 10.1. The van der Waals surface area contributed by atoms with Crippen LogP contribution in [0, 0.1) is 12.7 Å². The zero-order valence-corrected chi connectivity index (χ0v) is 8.41. The van der Waals surface area contributed by atoms with Crippen molar-refractivity contribution in [3.8, 4) is 5.75 Å². The second-order valence-electron chi connectivity index (χ2n) is 2.98. The zero-order chi connectivity index (χ0) is 11.4. The van der Waals surface area contributed by atoms with Gasteiger partial charge >= 0.3 is 5.97 Å². The summed E-state index contributed by atoms with van der Waals surface area (Å²) in [4.78, 5) is 10.7. The first-order valence-electron chi connectivity index (χ1n) is 4.21. The van der Waals surface area contributed by atoms with Crippen LogP contribution in [0.2, 0.25) is 0 Å². The molecule has 5 heteroatoms. The molecule has 1 rings (SSSR count). The molecule has 82 valence electrons. The van der Waals surface area contributed by atoms with Gasteiger partial charge in [-0.05, 0) is 24.6 Å². The van der Waals surface area contributed by atoms with Crippen LogP contribution in [0.25, 0.3) is 0 Å².